The summed E-state index contributed by atoms with van der Waals surface area (Å²) in [6.07, 6.45) is 6.22. The van der Waals surface area contributed by atoms with Crippen LogP contribution < -0.4 is 10.0 Å². The lowest BCUT2D eigenvalue weighted by Gasteiger charge is -2.31. The predicted molar refractivity (Wildman–Crippen MR) is 72.5 cm³/mol. The van der Waals surface area contributed by atoms with Gasteiger partial charge < -0.3 is 5.32 Å². The Kier molecular flexibility index (Phi) is 5.00. The van der Waals surface area contributed by atoms with Gasteiger partial charge in [-0.15, -0.1) is 0 Å². The molecular formula is C12H25N3O2S. The third-order valence-electron chi connectivity index (χ3n) is 4.08. The summed E-state index contributed by atoms with van der Waals surface area (Å²) in [5.74, 6) is 0.618. The monoisotopic (exact) mass is 275 g/mol. The van der Waals surface area contributed by atoms with Crippen LogP contribution in [0.3, 0.4) is 0 Å². The van der Waals surface area contributed by atoms with E-state index in [1.807, 2.05) is 7.05 Å². The van der Waals surface area contributed by atoms with Crippen LogP contribution in [0.2, 0.25) is 0 Å². The standard InChI is InChI=1S/C12H25N3O2S/c1-13-10-11-6-8-15(9-7-11)18(16,17)14-12-4-2-3-5-12/h11-14H,2-10H2,1H3. The molecule has 1 heterocycles. The van der Waals surface area contributed by atoms with Gasteiger partial charge in [-0.2, -0.15) is 17.4 Å². The molecule has 0 amide bonds. The van der Waals surface area contributed by atoms with E-state index < -0.39 is 10.2 Å². The van der Waals surface area contributed by atoms with Crippen molar-refractivity contribution in [1.82, 2.24) is 14.3 Å². The highest BCUT2D eigenvalue weighted by Gasteiger charge is 2.30. The van der Waals surface area contributed by atoms with Crippen LogP contribution in [0.5, 0.6) is 0 Å². The average molecular weight is 275 g/mol. The van der Waals surface area contributed by atoms with Gasteiger partial charge in [-0.05, 0) is 45.2 Å². The van der Waals surface area contributed by atoms with Gasteiger partial charge in [0, 0.05) is 19.1 Å². The molecule has 0 aromatic carbocycles. The summed E-state index contributed by atoms with van der Waals surface area (Å²) in [5, 5.41) is 3.17. The number of nitrogens with one attached hydrogen (secondary N) is 2. The van der Waals surface area contributed by atoms with Crippen LogP contribution in [0.15, 0.2) is 0 Å². The van der Waals surface area contributed by atoms with Crippen molar-refractivity contribution in [3.8, 4) is 0 Å². The summed E-state index contributed by atoms with van der Waals surface area (Å²) in [7, 11) is -1.29. The van der Waals surface area contributed by atoms with Crippen LogP contribution >= 0.6 is 0 Å². The van der Waals surface area contributed by atoms with Crippen molar-refractivity contribution in [3.63, 3.8) is 0 Å². The van der Waals surface area contributed by atoms with E-state index in [0.717, 1.165) is 45.1 Å². The first-order valence-electron chi connectivity index (χ1n) is 7.04. The van der Waals surface area contributed by atoms with Gasteiger partial charge in [0.2, 0.25) is 0 Å². The van der Waals surface area contributed by atoms with E-state index in [4.69, 9.17) is 0 Å². The maximum atomic E-state index is 12.2. The summed E-state index contributed by atoms with van der Waals surface area (Å²) in [4.78, 5) is 0. The van der Waals surface area contributed by atoms with Gasteiger partial charge >= 0.3 is 0 Å². The first-order chi connectivity index (χ1) is 8.62. The molecule has 1 saturated carbocycles. The summed E-state index contributed by atoms with van der Waals surface area (Å²) < 4.78 is 28.9. The second kappa shape index (κ2) is 6.32. The lowest BCUT2D eigenvalue weighted by molar-refractivity contribution is 0.267. The first-order valence-corrected chi connectivity index (χ1v) is 8.48. The Bertz CT molecular complexity index is 344. The van der Waals surface area contributed by atoms with Gasteiger partial charge in [0.1, 0.15) is 0 Å². The van der Waals surface area contributed by atoms with Crippen LogP contribution in [0.25, 0.3) is 0 Å². The number of rotatable bonds is 5. The fourth-order valence-electron chi connectivity index (χ4n) is 2.97. The van der Waals surface area contributed by atoms with Crippen LogP contribution in [0.4, 0.5) is 0 Å². The summed E-state index contributed by atoms with van der Waals surface area (Å²) in [6, 6.07) is 0.171. The minimum Gasteiger partial charge on any atom is -0.319 e. The zero-order valence-electron chi connectivity index (χ0n) is 11.2. The van der Waals surface area contributed by atoms with Gasteiger partial charge in [-0.3, -0.25) is 0 Å². The smallest absolute Gasteiger partial charge is 0.279 e. The molecular weight excluding hydrogens is 250 g/mol. The van der Waals surface area contributed by atoms with Crippen LogP contribution in [-0.4, -0.2) is 45.4 Å². The van der Waals surface area contributed by atoms with E-state index >= 15 is 0 Å². The largest absolute Gasteiger partial charge is 0.319 e. The van der Waals surface area contributed by atoms with Gasteiger partial charge in [-0.25, -0.2) is 0 Å². The van der Waals surface area contributed by atoms with Crippen LogP contribution in [0.1, 0.15) is 38.5 Å². The molecule has 5 nitrogen and oxygen atoms in total. The SMILES string of the molecule is CNCC1CCN(S(=O)(=O)NC2CCCC2)CC1. The molecule has 2 fully saturated rings. The van der Waals surface area contributed by atoms with E-state index in [0.29, 0.717) is 19.0 Å². The molecule has 1 aliphatic heterocycles. The Morgan fingerprint density at radius 2 is 1.72 bits per heavy atom. The fraction of sp³-hybridized carbons (Fsp3) is 1.00. The Hall–Kier alpha value is -0.170. The van der Waals surface area contributed by atoms with Gasteiger partial charge in [0.25, 0.3) is 10.2 Å². The van der Waals surface area contributed by atoms with E-state index in [2.05, 4.69) is 10.0 Å². The molecule has 2 rings (SSSR count). The molecule has 2 N–H and O–H groups in total. The molecule has 18 heavy (non-hydrogen) atoms. The third-order valence-corrected chi connectivity index (χ3v) is 5.75. The normalized spacial score (nSPS) is 24.7. The molecule has 0 bridgehead atoms. The third kappa shape index (κ3) is 3.66. The van der Waals surface area contributed by atoms with Gasteiger partial charge in [-0.1, -0.05) is 12.8 Å². The van der Waals surface area contributed by atoms with Crippen molar-refractivity contribution < 1.29 is 8.42 Å². The zero-order chi connectivity index (χ0) is 13.0. The molecule has 6 heteroatoms. The second-order valence-electron chi connectivity index (χ2n) is 5.50. The van der Waals surface area contributed by atoms with E-state index in [9.17, 15) is 8.42 Å². The quantitative estimate of drug-likeness (QED) is 0.776. The van der Waals surface area contributed by atoms with Crippen molar-refractivity contribution in [2.45, 2.75) is 44.6 Å². The van der Waals surface area contributed by atoms with Crippen LogP contribution in [0, 0.1) is 5.92 Å². The molecule has 0 atom stereocenters. The molecule has 106 valence electrons. The predicted octanol–water partition coefficient (Wildman–Crippen LogP) is 0.695. The number of piperidine rings is 1. The van der Waals surface area contributed by atoms with E-state index in [1.165, 1.54) is 0 Å². The number of hydrogen-bond donors (Lipinski definition) is 2. The number of hydrogen-bond acceptors (Lipinski definition) is 3. The van der Waals surface area contributed by atoms with Crippen molar-refractivity contribution in [2.75, 3.05) is 26.7 Å². The Morgan fingerprint density at radius 3 is 2.28 bits per heavy atom. The topological polar surface area (TPSA) is 61.4 Å². The molecule has 0 unspecified atom stereocenters. The fourth-order valence-corrected chi connectivity index (χ4v) is 4.47. The molecule has 0 aromatic rings. The van der Waals surface area contributed by atoms with E-state index in [1.54, 1.807) is 4.31 Å². The first kappa shape index (κ1) is 14.2. The lowest BCUT2D eigenvalue weighted by atomic mass is 9.98. The van der Waals surface area contributed by atoms with Crippen molar-refractivity contribution in [2.24, 2.45) is 5.92 Å². The summed E-state index contributed by atoms with van der Waals surface area (Å²) in [5.41, 5.74) is 0. The highest BCUT2D eigenvalue weighted by atomic mass is 32.2. The molecule has 0 aromatic heterocycles. The average Bonchev–Trinajstić information content (AvgIpc) is 2.82. The van der Waals surface area contributed by atoms with Gasteiger partial charge in [0.15, 0.2) is 0 Å². The molecule has 2 aliphatic rings. The Labute approximate surface area is 110 Å². The second-order valence-corrected chi connectivity index (χ2v) is 7.21. The maximum absolute atomic E-state index is 12.2. The lowest BCUT2D eigenvalue weighted by Crippen LogP contribution is -2.48. The minimum atomic E-state index is -3.24. The Balaban J connectivity index is 1.83. The molecule has 1 aliphatic carbocycles. The zero-order valence-corrected chi connectivity index (χ0v) is 12.0. The molecule has 0 spiro atoms. The van der Waals surface area contributed by atoms with Gasteiger partial charge in [0.05, 0.1) is 0 Å². The summed E-state index contributed by atoms with van der Waals surface area (Å²) in [6.45, 7) is 2.31. The highest BCUT2D eigenvalue weighted by molar-refractivity contribution is 7.87. The summed E-state index contributed by atoms with van der Waals surface area (Å²) >= 11 is 0. The molecule has 1 saturated heterocycles. The Morgan fingerprint density at radius 1 is 1.11 bits per heavy atom. The van der Waals surface area contributed by atoms with Crippen molar-refractivity contribution >= 4 is 10.2 Å². The number of nitrogens with zero attached hydrogens (tertiary/aromatic N) is 1. The molecule has 0 radical (unpaired) electrons. The van der Waals surface area contributed by atoms with Crippen molar-refractivity contribution in [3.05, 3.63) is 0 Å². The maximum Gasteiger partial charge on any atom is 0.279 e. The van der Waals surface area contributed by atoms with Crippen LogP contribution in [-0.2, 0) is 10.2 Å². The van der Waals surface area contributed by atoms with Crippen molar-refractivity contribution in [1.29, 1.82) is 0 Å². The van der Waals surface area contributed by atoms with E-state index in [-0.39, 0.29) is 6.04 Å². The highest BCUT2D eigenvalue weighted by Crippen LogP contribution is 2.22. The minimum absolute atomic E-state index is 0.171.